The molecule has 0 aliphatic carbocycles. The maximum atomic E-state index is 13.2. The highest BCUT2D eigenvalue weighted by atomic mass is 32.1. The molecule has 0 atom stereocenters. The fourth-order valence-electron chi connectivity index (χ4n) is 4.71. The topological polar surface area (TPSA) is 42.0 Å². The Balaban J connectivity index is 1.39. The SMILES string of the molecule is Cc1ccc(-c2sc(NC(=O)CCC(c3ccccc3)c3ccccc3)nc2-c2ccc(C)c(C)c2)cc1. The van der Waals surface area contributed by atoms with Crippen LogP contribution in [0.2, 0.25) is 0 Å². The summed E-state index contributed by atoms with van der Waals surface area (Å²) in [6.07, 6.45) is 1.13. The molecule has 0 aliphatic rings. The third-order valence-electron chi connectivity index (χ3n) is 7.03. The van der Waals surface area contributed by atoms with Crippen molar-refractivity contribution in [2.45, 2.75) is 39.5 Å². The van der Waals surface area contributed by atoms with Crippen molar-refractivity contribution in [1.82, 2.24) is 4.98 Å². The Kier molecular flexibility index (Phi) is 7.81. The molecule has 0 aliphatic heterocycles. The van der Waals surface area contributed by atoms with Gasteiger partial charge in [-0.2, -0.15) is 0 Å². The van der Waals surface area contributed by atoms with Crippen LogP contribution in [0.5, 0.6) is 0 Å². The van der Waals surface area contributed by atoms with E-state index in [1.54, 1.807) is 0 Å². The van der Waals surface area contributed by atoms with E-state index in [1.165, 1.54) is 39.2 Å². The van der Waals surface area contributed by atoms with Crippen molar-refractivity contribution >= 4 is 22.4 Å². The van der Waals surface area contributed by atoms with Crippen molar-refractivity contribution in [1.29, 1.82) is 0 Å². The van der Waals surface area contributed by atoms with E-state index >= 15 is 0 Å². The van der Waals surface area contributed by atoms with Crippen molar-refractivity contribution in [2.24, 2.45) is 0 Å². The minimum absolute atomic E-state index is 0.0160. The Morgan fingerprint density at radius 2 is 1.37 bits per heavy atom. The molecule has 0 fully saturated rings. The molecule has 3 nitrogen and oxygen atoms in total. The smallest absolute Gasteiger partial charge is 0.226 e. The number of hydrogen-bond acceptors (Lipinski definition) is 3. The summed E-state index contributed by atoms with van der Waals surface area (Å²) in [6, 6.07) is 35.8. The number of aryl methyl sites for hydroxylation is 3. The van der Waals surface area contributed by atoms with Crippen molar-refractivity contribution in [3.63, 3.8) is 0 Å². The highest BCUT2D eigenvalue weighted by Gasteiger charge is 2.19. The molecule has 1 heterocycles. The summed E-state index contributed by atoms with van der Waals surface area (Å²) in [6.45, 7) is 6.32. The average Bonchev–Trinajstić information content (AvgIpc) is 3.35. The molecule has 4 heteroatoms. The Hall–Kier alpha value is -4.02. The van der Waals surface area contributed by atoms with Gasteiger partial charge in [0.15, 0.2) is 5.13 Å². The summed E-state index contributed by atoms with van der Waals surface area (Å²) < 4.78 is 0. The van der Waals surface area contributed by atoms with Gasteiger partial charge in [-0.25, -0.2) is 4.98 Å². The Bertz CT molecular complexity index is 1480. The average molecular weight is 517 g/mol. The number of carbonyl (C=O) groups excluding carboxylic acids is 1. The Morgan fingerprint density at radius 3 is 1.97 bits per heavy atom. The molecule has 5 aromatic rings. The number of anilines is 1. The van der Waals surface area contributed by atoms with Crippen molar-refractivity contribution in [3.8, 4) is 21.7 Å². The van der Waals surface area contributed by atoms with Crippen LogP contribution < -0.4 is 5.32 Å². The lowest BCUT2D eigenvalue weighted by molar-refractivity contribution is -0.116. The summed E-state index contributed by atoms with van der Waals surface area (Å²) in [7, 11) is 0. The third kappa shape index (κ3) is 5.92. The van der Waals surface area contributed by atoms with Gasteiger partial charge in [0, 0.05) is 17.9 Å². The van der Waals surface area contributed by atoms with Crippen LogP contribution in [0.15, 0.2) is 103 Å². The van der Waals surface area contributed by atoms with Crippen LogP contribution >= 0.6 is 11.3 Å². The van der Waals surface area contributed by atoms with Gasteiger partial charge in [-0.15, -0.1) is 0 Å². The molecule has 4 aromatic carbocycles. The van der Waals surface area contributed by atoms with Crippen LogP contribution in [-0.2, 0) is 4.79 Å². The van der Waals surface area contributed by atoms with Gasteiger partial charge >= 0.3 is 0 Å². The Labute approximate surface area is 229 Å². The van der Waals surface area contributed by atoms with Gasteiger partial charge in [-0.1, -0.05) is 114 Å². The van der Waals surface area contributed by atoms with E-state index in [-0.39, 0.29) is 11.8 Å². The van der Waals surface area contributed by atoms with Crippen LogP contribution in [0.25, 0.3) is 21.7 Å². The first-order valence-corrected chi connectivity index (χ1v) is 13.8. The molecular formula is C34H32N2OS. The van der Waals surface area contributed by atoms with E-state index in [2.05, 4.69) is 117 Å². The second-order valence-corrected chi connectivity index (χ2v) is 10.8. The van der Waals surface area contributed by atoms with Gasteiger partial charge in [0.1, 0.15) is 0 Å². The first kappa shape index (κ1) is 25.6. The van der Waals surface area contributed by atoms with Crippen LogP contribution in [0.4, 0.5) is 5.13 Å². The highest BCUT2D eigenvalue weighted by Crippen LogP contribution is 2.40. The number of benzene rings is 4. The molecule has 0 saturated carbocycles. The van der Waals surface area contributed by atoms with Crippen molar-refractivity contribution in [3.05, 3.63) is 131 Å². The minimum Gasteiger partial charge on any atom is -0.302 e. The molecular weight excluding hydrogens is 484 g/mol. The third-order valence-corrected chi connectivity index (χ3v) is 8.05. The van der Waals surface area contributed by atoms with Crippen molar-refractivity contribution in [2.75, 3.05) is 5.32 Å². The zero-order valence-corrected chi connectivity index (χ0v) is 22.9. The fraction of sp³-hybridized carbons (Fsp3) is 0.176. The summed E-state index contributed by atoms with van der Waals surface area (Å²) in [5.41, 5.74) is 9.21. The molecule has 1 N–H and O–H groups in total. The lowest BCUT2D eigenvalue weighted by Gasteiger charge is -2.17. The van der Waals surface area contributed by atoms with Gasteiger partial charge in [-0.05, 0) is 61.1 Å². The zero-order valence-electron chi connectivity index (χ0n) is 22.1. The van der Waals surface area contributed by atoms with E-state index in [9.17, 15) is 4.79 Å². The van der Waals surface area contributed by atoms with Crippen LogP contribution in [0.1, 0.15) is 46.6 Å². The van der Waals surface area contributed by atoms with Crippen molar-refractivity contribution < 1.29 is 4.79 Å². The van der Waals surface area contributed by atoms with Gasteiger partial charge in [0.25, 0.3) is 0 Å². The lowest BCUT2D eigenvalue weighted by atomic mass is 9.87. The second kappa shape index (κ2) is 11.6. The maximum absolute atomic E-state index is 13.2. The van der Waals surface area contributed by atoms with E-state index < -0.39 is 0 Å². The van der Waals surface area contributed by atoms with E-state index in [0.717, 1.165) is 28.1 Å². The monoisotopic (exact) mass is 516 g/mol. The lowest BCUT2D eigenvalue weighted by Crippen LogP contribution is -2.13. The highest BCUT2D eigenvalue weighted by molar-refractivity contribution is 7.19. The second-order valence-electron chi connectivity index (χ2n) is 9.82. The molecule has 190 valence electrons. The maximum Gasteiger partial charge on any atom is 0.226 e. The number of nitrogens with zero attached hydrogens (tertiary/aromatic N) is 1. The fourth-order valence-corrected chi connectivity index (χ4v) is 5.72. The quantitative estimate of drug-likeness (QED) is 0.224. The first-order valence-electron chi connectivity index (χ1n) is 13.0. The van der Waals surface area contributed by atoms with Gasteiger partial charge in [0.2, 0.25) is 5.91 Å². The number of carbonyl (C=O) groups is 1. The summed E-state index contributed by atoms with van der Waals surface area (Å²) in [5, 5.41) is 3.74. The normalized spacial score (nSPS) is 11.1. The standard InChI is InChI=1S/C34H32N2OS/c1-23-14-17-28(18-15-23)33-32(29-19-16-24(2)25(3)22-29)36-34(38-33)35-31(37)21-20-30(26-10-6-4-7-11-26)27-12-8-5-9-13-27/h4-19,22,30H,20-21H2,1-3H3,(H,35,36,37). The number of nitrogens with one attached hydrogen (secondary N) is 1. The van der Waals surface area contributed by atoms with Gasteiger partial charge in [-0.3, -0.25) is 4.79 Å². The summed E-state index contributed by atoms with van der Waals surface area (Å²) in [4.78, 5) is 19.2. The number of hydrogen-bond donors (Lipinski definition) is 1. The first-order chi connectivity index (χ1) is 18.5. The number of thiazole rings is 1. The summed E-state index contributed by atoms with van der Waals surface area (Å²) in [5.74, 6) is 0.145. The molecule has 0 saturated heterocycles. The molecule has 0 unspecified atom stereocenters. The predicted octanol–water partition coefficient (Wildman–Crippen LogP) is 8.95. The van der Waals surface area contributed by atoms with E-state index in [4.69, 9.17) is 4.98 Å². The molecule has 5 rings (SSSR count). The van der Waals surface area contributed by atoms with E-state index in [1.807, 2.05) is 12.1 Å². The molecule has 1 amide bonds. The van der Waals surface area contributed by atoms with Crippen LogP contribution in [0.3, 0.4) is 0 Å². The van der Waals surface area contributed by atoms with Crippen LogP contribution in [0, 0.1) is 20.8 Å². The number of aromatic nitrogens is 1. The van der Waals surface area contributed by atoms with E-state index in [0.29, 0.717) is 11.6 Å². The van der Waals surface area contributed by atoms with Gasteiger partial charge in [0.05, 0.1) is 10.6 Å². The number of amides is 1. The van der Waals surface area contributed by atoms with Gasteiger partial charge < -0.3 is 5.32 Å². The molecule has 0 spiro atoms. The molecule has 0 radical (unpaired) electrons. The number of rotatable bonds is 8. The minimum atomic E-state index is -0.0160. The predicted molar refractivity (Wildman–Crippen MR) is 160 cm³/mol. The molecule has 0 bridgehead atoms. The zero-order chi connectivity index (χ0) is 26.5. The molecule has 38 heavy (non-hydrogen) atoms. The van der Waals surface area contributed by atoms with Crippen LogP contribution in [-0.4, -0.2) is 10.9 Å². The largest absolute Gasteiger partial charge is 0.302 e. The Morgan fingerprint density at radius 1 is 0.763 bits per heavy atom. The summed E-state index contributed by atoms with van der Waals surface area (Å²) >= 11 is 1.54. The molecule has 1 aromatic heterocycles.